The van der Waals surface area contributed by atoms with E-state index in [0.717, 1.165) is 24.2 Å². The fourth-order valence-corrected chi connectivity index (χ4v) is 3.92. The van der Waals surface area contributed by atoms with Crippen LogP contribution in [-0.2, 0) is 10.9 Å². The number of hydrogen-bond acceptors (Lipinski definition) is 4. The van der Waals surface area contributed by atoms with Gasteiger partial charge in [-0.2, -0.15) is 13.2 Å². The number of anilines is 3. The molecule has 2 N–H and O–H groups in total. The highest BCUT2D eigenvalue weighted by molar-refractivity contribution is 5.93. The Bertz CT molecular complexity index is 901. The number of nitrogens with one attached hydrogen (secondary N) is 2. The van der Waals surface area contributed by atoms with Gasteiger partial charge < -0.3 is 25.2 Å². The fourth-order valence-electron chi connectivity index (χ4n) is 3.92. The summed E-state index contributed by atoms with van der Waals surface area (Å²) in [6.45, 7) is 3.11. The van der Waals surface area contributed by atoms with Gasteiger partial charge in [0.05, 0.1) is 30.2 Å². The Morgan fingerprint density at radius 3 is 2.48 bits per heavy atom. The van der Waals surface area contributed by atoms with Gasteiger partial charge in [0.25, 0.3) is 0 Å². The minimum Gasteiger partial charge on any atom is -0.380 e. The molecule has 0 aliphatic carbocycles. The minimum atomic E-state index is -4.48. The molecule has 2 amide bonds. The lowest BCUT2D eigenvalue weighted by atomic mass is 10.1. The summed E-state index contributed by atoms with van der Waals surface area (Å²) in [6, 6.07) is 12.9. The van der Waals surface area contributed by atoms with Crippen molar-refractivity contribution in [3.63, 3.8) is 0 Å². The number of carbonyl (C=O) groups excluding carboxylic acids is 1. The average molecular weight is 434 g/mol. The highest BCUT2D eigenvalue weighted by Gasteiger charge is 2.33. The quantitative estimate of drug-likeness (QED) is 0.755. The third-order valence-electron chi connectivity index (χ3n) is 5.54. The lowest BCUT2D eigenvalue weighted by Gasteiger charge is -2.31. The van der Waals surface area contributed by atoms with E-state index < -0.39 is 17.8 Å². The Hall–Kier alpha value is -2.94. The van der Waals surface area contributed by atoms with Gasteiger partial charge in [0.2, 0.25) is 0 Å². The number of carbonyl (C=O) groups is 1. The Morgan fingerprint density at radius 2 is 1.77 bits per heavy atom. The van der Waals surface area contributed by atoms with Crippen LogP contribution in [0, 0.1) is 0 Å². The van der Waals surface area contributed by atoms with E-state index in [9.17, 15) is 18.0 Å². The predicted molar refractivity (Wildman–Crippen MR) is 114 cm³/mol. The maximum absolute atomic E-state index is 13.3. The molecule has 2 aliphatic rings. The van der Waals surface area contributed by atoms with E-state index in [0.29, 0.717) is 45.1 Å². The first-order valence-corrected chi connectivity index (χ1v) is 10.3. The van der Waals surface area contributed by atoms with E-state index >= 15 is 0 Å². The second-order valence-corrected chi connectivity index (χ2v) is 7.70. The molecule has 2 saturated heterocycles. The molecule has 6 nitrogen and oxygen atoms in total. The van der Waals surface area contributed by atoms with Crippen LogP contribution in [0.3, 0.4) is 0 Å². The van der Waals surface area contributed by atoms with Crippen molar-refractivity contribution >= 4 is 23.1 Å². The fraction of sp³-hybridized carbons (Fsp3) is 0.409. The van der Waals surface area contributed by atoms with Crippen LogP contribution in [0.5, 0.6) is 0 Å². The first kappa shape index (κ1) is 21.3. The van der Waals surface area contributed by atoms with Gasteiger partial charge in [-0.1, -0.05) is 18.2 Å². The number of nitrogens with zero attached hydrogens (tertiary/aromatic N) is 2. The normalized spacial score (nSPS) is 19.4. The van der Waals surface area contributed by atoms with E-state index in [-0.39, 0.29) is 11.7 Å². The first-order chi connectivity index (χ1) is 14.9. The maximum atomic E-state index is 13.3. The Balaban J connectivity index is 1.47. The third-order valence-corrected chi connectivity index (χ3v) is 5.54. The second kappa shape index (κ2) is 9.05. The molecule has 0 aromatic heterocycles. The summed E-state index contributed by atoms with van der Waals surface area (Å²) < 4.78 is 45.2. The van der Waals surface area contributed by atoms with Gasteiger partial charge in [0, 0.05) is 37.9 Å². The van der Waals surface area contributed by atoms with Gasteiger partial charge in [-0.3, -0.25) is 0 Å². The molecule has 0 saturated carbocycles. The number of ether oxygens (including phenoxy) is 1. The maximum Gasteiger partial charge on any atom is 0.416 e. The van der Waals surface area contributed by atoms with Crippen molar-refractivity contribution in [2.24, 2.45) is 0 Å². The lowest BCUT2D eigenvalue weighted by Crippen LogP contribution is -2.38. The molecule has 2 heterocycles. The molecular weight excluding hydrogens is 409 g/mol. The zero-order chi connectivity index (χ0) is 21.8. The number of morpholine rings is 1. The number of benzene rings is 2. The largest absolute Gasteiger partial charge is 0.416 e. The molecule has 2 aromatic carbocycles. The highest BCUT2D eigenvalue weighted by atomic mass is 19.4. The van der Waals surface area contributed by atoms with Gasteiger partial charge in [0.15, 0.2) is 0 Å². The number of alkyl halides is 3. The predicted octanol–water partition coefficient (Wildman–Crippen LogP) is 4.26. The summed E-state index contributed by atoms with van der Waals surface area (Å²) in [6.07, 6.45) is -3.72. The van der Waals surface area contributed by atoms with Gasteiger partial charge in [-0.25, -0.2) is 4.79 Å². The van der Waals surface area contributed by atoms with Crippen LogP contribution in [0.2, 0.25) is 0 Å². The van der Waals surface area contributed by atoms with E-state index in [1.54, 1.807) is 4.90 Å². The molecule has 4 rings (SSSR count). The lowest BCUT2D eigenvalue weighted by molar-refractivity contribution is -0.137. The van der Waals surface area contributed by atoms with E-state index in [2.05, 4.69) is 10.6 Å². The summed E-state index contributed by atoms with van der Waals surface area (Å²) in [5, 5.41) is 6.11. The van der Waals surface area contributed by atoms with Crippen molar-refractivity contribution < 1.29 is 22.7 Å². The van der Waals surface area contributed by atoms with Gasteiger partial charge in [-0.05, 0) is 36.8 Å². The average Bonchev–Trinajstić information content (AvgIpc) is 3.23. The summed E-state index contributed by atoms with van der Waals surface area (Å²) >= 11 is 0. The Labute approximate surface area is 179 Å². The summed E-state index contributed by atoms with van der Waals surface area (Å²) in [5.41, 5.74) is 0.927. The van der Waals surface area contributed by atoms with E-state index in [1.165, 1.54) is 6.07 Å². The second-order valence-electron chi connectivity index (χ2n) is 7.70. The van der Waals surface area contributed by atoms with Crippen LogP contribution in [0.4, 0.5) is 35.0 Å². The Morgan fingerprint density at radius 1 is 1.03 bits per heavy atom. The number of urea groups is 1. The van der Waals surface area contributed by atoms with Crippen molar-refractivity contribution in [1.29, 1.82) is 0 Å². The smallest absolute Gasteiger partial charge is 0.380 e. The van der Waals surface area contributed by atoms with Crippen molar-refractivity contribution in [1.82, 2.24) is 4.90 Å². The molecule has 0 radical (unpaired) electrons. The zero-order valence-corrected chi connectivity index (χ0v) is 17.0. The van der Waals surface area contributed by atoms with Crippen LogP contribution >= 0.6 is 0 Å². The zero-order valence-electron chi connectivity index (χ0n) is 17.0. The van der Waals surface area contributed by atoms with Gasteiger partial charge >= 0.3 is 12.2 Å². The molecule has 2 aliphatic heterocycles. The van der Waals surface area contributed by atoms with Gasteiger partial charge in [0.1, 0.15) is 0 Å². The molecular formula is C22H25F3N4O2. The van der Waals surface area contributed by atoms with Crippen LogP contribution in [0.1, 0.15) is 12.0 Å². The SMILES string of the molecule is O=C(Nc1cc(C(F)(F)F)ccc1N1CCOCC1)N1CCC(Nc2ccccc2)C1. The van der Waals surface area contributed by atoms with Crippen molar-refractivity contribution in [3.8, 4) is 0 Å². The van der Waals surface area contributed by atoms with E-state index in [4.69, 9.17) is 4.74 Å². The van der Waals surface area contributed by atoms with Crippen LogP contribution in [0.15, 0.2) is 48.5 Å². The number of hydrogen-bond donors (Lipinski definition) is 2. The molecule has 2 fully saturated rings. The van der Waals surface area contributed by atoms with Crippen LogP contribution < -0.4 is 15.5 Å². The molecule has 0 spiro atoms. The minimum absolute atomic E-state index is 0.0911. The number of halogens is 3. The molecule has 1 atom stereocenters. The van der Waals surface area contributed by atoms with Crippen LogP contribution in [0.25, 0.3) is 0 Å². The molecule has 166 valence electrons. The van der Waals surface area contributed by atoms with Crippen molar-refractivity contribution in [2.75, 3.05) is 54.9 Å². The van der Waals surface area contributed by atoms with Crippen molar-refractivity contribution in [2.45, 2.75) is 18.6 Å². The highest BCUT2D eigenvalue weighted by Crippen LogP contribution is 2.36. The molecule has 9 heteroatoms. The summed E-state index contributed by atoms with van der Waals surface area (Å²) in [4.78, 5) is 16.4. The monoisotopic (exact) mass is 434 g/mol. The number of amides is 2. The van der Waals surface area contributed by atoms with Crippen molar-refractivity contribution in [3.05, 3.63) is 54.1 Å². The molecule has 0 bridgehead atoms. The summed E-state index contributed by atoms with van der Waals surface area (Å²) in [5.74, 6) is 0. The van der Waals surface area contributed by atoms with Gasteiger partial charge in [-0.15, -0.1) is 0 Å². The number of para-hydroxylation sites is 1. The third kappa shape index (κ3) is 5.22. The standard InChI is InChI=1S/C22H25F3N4O2/c23-22(24,25)16-6-7-20(28-10-12-31-13-11-28)19(14-16)27-21(30)29-9-8-18(15-29)26-17-4-2-1-3-5-17/h1-7,14,18,26H,8-13,15H2,(H,27,30). The number of likely N-dealkylation sites (tertiary alicyclic amines) is 1. The molecule has 31 heavy (non-hydrogen) atoms. The Kier molecular flexibility index (Phi) is 6.22. The van der Waals surface area contributed by atoms with E-state index in [1.807, 2.05) is 35.2 Å². The first-order valence-electron chi connectivity index (χ1n) is 10.3. The molecule has 2 aromatic rings. The topological polar surface area (TPSA) is 56.8 Å². The number of rotatable bonds is 4. The summed E-state index contributed by atoms with van der Waals surface area (Å²) in [7, 11) is 0. The van der Waals surface area contributed by atoms with Crippen LogP contribution in [-0.4, -0.2) is 56.4 Å². The molecule has 1 unspecified atom stereocenters.